The number of benzene rings is 1. The minimum Gasteiger partial charge on any atom is -0.486 e. The van der Waals surface area contributed by atoms with Gasteiger partial charge in [-0.2, -0.15) is 0 Å². The standard InChI is InChI=1S/C19H23N3O5/c20-18(24)12-3-5-21(6-4-12)19(25)13-9-17(23)22(11-13)14-1-2-15-16(10-14)27-8-7-26-15/h1-2,10,12-13H,3-9,11H2,(H2,20,24)/t13-/m1/s1. The molecule has 0 aromatic heterocycles. The molecule has 3 amide bonds. The van der Waals surface area contributed by atoms with Crippen LogP contribution in [0.25, 0.3) is 0 Å². The summed E-state index contributed by atoms with van der Waals surface area (Å²) in [6, 6.07) is 5.40. The number of anilines is 1. The predicted molar refractivity (Wildman–Crippen MR) is 96.4 cm³/mol. The minimum absolute atomic E-state index is 0.0219. The Morgan fingerprint density at radius 1 is 1.04 bits per heavy atom. The molecule has 1 aromatic rings. The average Bonchev–Trinajstić information content (AvgIpc) is 3.08. The first-order chi connectivity index (χ1) is 13.0. The lowest BCUT2D eigenvalue weighted by molar-refractivity contribution is -0.138. The SMILES string of the molecule is NC(=O)C1CCN(C(=O)[C@@H]2CC(=O)N(c3ccc4c(c3)OCCO4)C2)CC1. The molecule has 2 saturated heterocycles. The number of hydrogen-bond acceptors (Lipinski definition) is 5. The molecule has 27 heavy (non-hydrogen) atoms. The molecule has 0 radical (unpaired) electrons. The highest BCUT2D eigenvalue weighted by molar-refractivity contribution is 6.00. The van der Waals surface area contributed by atoms with E-state index in [-0.39, 0.29) is 36.0 Å². The maximum atomic E-state index is 12.8. The van der Waals surface area contributed by atoms with Crippen LogP contribution in [0.1, 0.15) is 19.3 Å². The van der Waals surface area contributed by atoms with Crippen LogP contribution >= 0.6 is 0 Å². The van der Waals surface area contributed by atoms with Gasteiger partial charge in [0.25, 0.3) is 0 Å². The Hall–Kier alpha value is -2.77. The van der Waals surface area contributed by atoms with Gasteiger partial charge in [-0.05, 0) is 25.0 Å². The predicted octanol–water partition coefficient (Wildman–Crippen LogP) is 0.535. The van der Waals surface area contributed by atoms with Gasteiger partial charge in [0.1, 0.15) is 13.2 Å². The molecule has 1 aromatic carbocycles. The van der Waals surface area contributed by atoms with Crippen LogP contribution in [0.5, 0.6) is 11.5 Å². The number of fused-ring (bicyclic) bond motifs is 1. The number of nitrogens with two attached hydrogens (primary N) is 1. The number of ether oxygens (including phenoxy) is 2. The van der Waals surface area contributed by atoms with Crippen LogP contribution in [0.3, 0.4) is 0 Å². The zero-order chi connectivity index (χ0) is 19.0. The third-order valence-electron chi connectivity index (χ3n) is 5.52. The van der Waals surface area contributed by atoms with Crippen molar-refractivity contribution in [2.45, 2.75) is 19.3 Å². The zero-order valence-electron chi connectivity index (χ0n) is 15.1. The number of carbonyl (C=O) groups excluding carboxylic acids is 3. The van der Waals surface area contributed by atoms with Crippen molar-refractivity contribution in [2.75, 3.05) is 37.7 Å². The van der Waals surface area contributed by atoms with Gasteiger partial charge in [0.05, 0.1) is 5.92 Å². The molecule has 2 fully saturated rings. The lowest BCUT2D eigenvalue weighted by Crippen LogP contribution is -2.44. The molecule has 1 atom stereocenters. The highest BCUT2D eigenvalue weighted by Gasteiger charge is 2.38. The van der Waals surface area contributed by atoms with Crippen LogP contribution in [0.2, 0.25) is 0 Å². The number of likely N-dealkylation sites (tertiary alicyclic amines) is 1. The van der Waals surface area contributed by atoms with Gasteiger partial charge < -0.3 is 25.0 Å². The second-order valence-electron chi connectivity index (χ2n) is 7.24. The molecule has 4 rings (SSSR count). The molecule has 2 N–H and O–H groups in total. The Bertz CT molecular complexity index is 773. The van der Waals surface area contributed by atoms with E-state index in [1.54, 1.807) is 21.9 Å². The quantitative estimate of drug-likeness (QED) is 0.833. The molecule has 8 nitrogen and oxygen atoms in total. The fourth-order valence-electron chi connectivity index (χ4n) is 3.97. The number of carbonyl (C=O) groups is 3. The van der Waals surface area contributed by atoms with Gasteiger partial charge in [0, 0.05) is 43.7 Å². The molecule has 0 aliphatic carbocycles. The Kier molecular flexibility index (Phi) is 4.63. The van der Waals surface area contributed by atoms with E-state index in [0.29, 0.717) is 62.9 Å². The maximum Gasteiger partial charge on any atom is 0.228 e. The third kappa shape index (κ3) is 3.43. The van der Waals surface area contributed by atoms with E-state index in [4.69, 9.17) is 15.2 Å². The molecule has 3 aliphatic rings. The average molecular weight is 373 g/mol. The first kappa shape index (κ1) is 17.6. The molecule has 0 bridgehead atoms. The van der Waals surface area contributed by atoms with Crippen molar-refractivity contribution in [3.8, 4) is 11.5 Å². The monoisotopic (exact) mass is 373 g/mol. The summed E-state index contributed by atoms with van der Waals surface area (Å²) in [5.41, 5.74) is 6.06. The van der Waals surface area contributed by atoms with E-state index in [1.165, 1.54) is 0 Å². The number of piperidine rings is 1. The first-order valence-corrected chi connectivity index (χ1v) is 9.31. The molecule has 144 valence electrons. The number of amides is 3. The van der Waals surface area contributed by atoms with Crippen molar-refractivity contribution in [1.29, 1.82) is 0 Å². The van der Waals surface area contributed by atoms with E-state index in [0.717, 1.165) is 0 Å². The zero-order valence-corrected chi connectivity index (χ0v) is 15.1. The number of hydrogen-bond donors (Lipinski definition) is 1. The van der Waals surface area contributed by atoms with E-state index in [2.05, 4.69) is 0 Å². The molecular formula is C19H23N3O5. The molecule has 0 unspecified atom stereocenters. The van der Waals surface area contributed by atoms with Crippen LogP contribution in [-0.4, -0.2) is 55.5 Å². The molecule has 3 heterocycles. The van der Waals surface area contributed by atoms with Crippen LogP contribution < -0.4 is 20.1 Å². The van der Waals surface area contributed by atoms with Gasteiger partial charge in [-0.15, -0.1) is 0 Å². The van der Waals surface area contributed by atoms with Gasteiger partial charge in [0.15, 0.2) is 11.5 Å². The second-order valence-corrected chi connectivity index (χ2v) is 7.24. The second kappa shape index (κ2) is 7.09. The Balaban J connectivity index is 1.42. The molecule has 8 heteroatoms. The van der Waals surface area contributed by atoms with Gasteiger partial charge in [0.2, 0.25) is 17.7 Å². The number of nitrogens with zero attached hydrogens (tertiary/aromatic N) is 2. The van der Waals surface area contributed by atoms with Crippen molar-refractivity contribution < 1.29 is 23.9 Å². The summed E-state index contributed by atoms with van der Waals surface area (Å²) in [4.78, 5) is 40.0. The fourth-order valence-corrected chi connectivity index (χ4v) is 3.97. The summed E-state index contributed by atoms with van der Waals surface area (Å²) in [6.07, 6.45) is 1.38. The lowest BCUT2D eigenvalue weighted by Gasteiger charge is -2.32. The molecule has 3 aliphatic heterocycles. The summed E-state index contributed by atoms with van der Waals surface area (Å²) < 4.78 is 11.1. The van der Waals surface area contributed by atoms with Crippen LogP contribution in [-0.2, 0) is 14.4 Å². The van der Waals surface area contributed by atoms with Gasteiger partial charge in [-0.25, -0.2) is 0 Å². The maximum absolute atomic E-state index is 12.8. The van der Waals surface area contributed by atoms with Gasteiger partial charge in [-0.3, -0.25) is 14.4 Å². The van der Waals surface area contributed by atoms with Crippen molar-refractivity contribution >= 4 is 23.4 Å². The van der Waals surface area contributed by atoms with Crippen molar-refractivity contribution in [2.24, 2.45) is 17.6 Å². The lowest BCUT2D eigenvalue weighted by atomic mass is 9.95. The van der Waals surface area contributed by atoms with Crippen molar-refractivity contribution in [3.63, 3.8) is 0 Å². The van der Waals surface area contributed by atoms with Crippen molar-refractivity contribution in [1.82, 2.24) is 4.90 Å². The topological polar surface area (TPSA) is 102 Å². The Morgan fingerprint density at radius 3 is 2.44 bits per heavy atom. The first-order valence-electron chi connectivity index (χ1n) is 9.31. The number of primary amides is 1. The summed E-state index contributed by atoms with van der Waals surface area (Å²) in [5, 5.41) is 0. The van der Waals surface area contributed by atoms with Crippen LogP contribution in [0.15, 0.2) is 18.2 Å². The summed E-state index contributed by atoms with van der Waals surface area (Å²) >= 11 is 0. The summed E-state index contributed by atoms with van der Waals surface area (Å²) in [7, 11) is 0. The summed E-state index contributed by atoms with van der Waals surface area (Å²) in [6.45, 7) is 2.38. The highest BCUT2D eigenvalue weighted by Crippen LogP contribution is 2.36. The van der Waals surface area contributed by atoms with Crippen molar-refractivity contribution in [3.05, 3.63) is 18.2 Å². The van der Waals surface area contributed by atoms with E-state index < -0.39 is 0 Å². The minimum atomic E-state index is -0.365. The van der Waals surface area contributed by atoms with Gasteiger partial charge in [-0.1, -0.05) is 0 Å². The van der Waals surface area contributed by atoms with Gasteiger partial charge >= 0.3 is 0 Å². The largest absolute Gasteiger partial charge is 0.486 e. The van der Waals surface area contributed by atoms with E-state index >= 15 is 0 Å². The van der Waals surface area contributed by atoms with Crippen LogP contribution in [0.4, 0.5) is 5.69 Å². The third-order valence-corrected chi connectivity index (χ3v) is 5.52. The molecular weight excluding hydrogens is 350 g/mol. The van der Waals surface area contributed by atoms with E-state index in [1.807, 2.05) is 6.07 Å². The Labute approximate surface area is 157 Å². The molecule has 0 saturated carbocycles. The molecule has 0 spiro atoms. The Morgan fingerprint density at radius 2 is 1.74 bits per heavy atom. The highest BCUT2D eigenvalue weighted by atomic mass is 16.6. The normalized spacial score (nSPS) is 22.8. The number of rotatable bonds is 3. The fraction of sp³-hybridized carbons (Fsp3) is 0.526. The van der Waals surface area contributed by atoms with Crippen LogP contribution in [0, 0.1) is 11.8 Å². The smallest absolute Gasteiger partial charge is 0.228 e. The van der Waals surface area contributed by atoms with E-state index in [9.17, 15) is 14.4 Å². The summed E-state index contributed by atoms with van der Waals surface area (Å²) in [5.74, 6) is 0.368.